The van der Waals surface area contributed by atoms with Crippen LogP contribution in [0.4, 0.5) is 11.5 Å². The summed E-state index contributed by atoms with van der Waals surface area (Å²) in [6.07, 6.45) is 3.30. The minimum Gasteiger partial charge on any atom is -0.339 e. The Balaban J connectivity index is 1.84. The highest BCUT2D eigenvalue weighted by molar-refractivity contribution is 6.33. The van der Waals surface area contributed by atoms with Crippen LogP contribution in [-0.4, -0.2) is 33.9 Å². The smallest absolute Gasteiger partial charge is 0.272 e. The number of benzene rings is 1. The summed E-state index contributed by atoms with van der Waals surface area (Å²) in [5, 5.41) is 3.76. The third kappa shape index (κ3) is 3.79. The summed E-state index contributed by atoms with van der Waals surface area (Å²) in [7, 11) is 0. The molecule has 1 fully saturated rings. The number of aryl methyl sites for hydroxylation is 1. The first kappa shape index (κ1) is 15.7. The fourth-order valence-electron chi connectivity index (χ4n) is 2.70. The molecule has 0 saturated carbocycles. The van der Waals surface area contributed by atoms with E-state index in [1.165, 1.54) is 6.42 Å². The second-order valence-corrected chi connectivity index (χ2v) is 6.05. The second-order valence-electron chi connectivity index (χ2n) is 5.64. The zero-order valence-corrected chi connectivity index (χ0v) is 13.8. The van der Waals surface area contributed by atoms with Crippen LogP contribution in [0, 0.1) is 6.92 Å². The zero-order valence-electron chi connectivity index (χ0n) is 13.1. The largest absolute Gasteiger partial charge is 0.339 e. The van der Waals surface area contributed by atoms with Crippen LogP contribution in [0.25, 0.3) is 0 Å². The average molecular weight is 331 g/mol. The van der Waals surface area contributed by atoms with E-state index in [4.69, 9.17) is 11.6 Å². The lowest BCUT2D eigenvalue weighted by molar-refractivity contribution is 0.0718. The first-order valence-corrected chi connectivity index (χ1v) is 8.18. The number of halogens is 1. The van der Waals surface area contributed by atoms with E-state index >= 15 is 0 Å². The highest BCUT2D eigenvalue weighted by Gasteiger charge is 2.20. The van der Waals surface area contributed by atoms with Crippen molar-refractivity contribution >= 4 is 29.0 Å². The number of amides is 1. The molecule has 2 heterocycles. The maximum atomic E-state index is 12.6. The summed E-state index contributed by atoms with van der Waals surface area (Å²) >= 11 is 6.16. The first-order valence-electron chi connectivity index (χ1n) is 7.80. The van der Waals surface area contributed by atoms with Gasteiger partial charge in [0.25, 0.3) is 5.91 Å². The number of nitrogens with zero attached hydrogens (tertiary/aromatic N) is 3. The minimum absolute atomic E-state index is 0.0302. The van der Waals surface area contributed by atoms with Crippen LogP contribution in [0.2, 0.25) is 5.02 Å². The summed E-state index contributed by atoms with van der Waals surface area (Å²) in [6.45, 7) is 3.38. The van der Waals surface area contributed by atoms with Crippen molar-refractivity contribution in [3.05, 3.63) is 46.9 Å². The van der Waals surface area contributed by atoms with E-state index in [-0.39, 0.29) is 5.91 Å². The molecule has 1 aromatic heterocycles. The van der Waals surface area contributed by atoms with Crippen molar-refractivity contribution in [3.8, 4) is 0 Å². The molecule has 1 aliphatic rings. The Morgan fingerprint density at radius 2 is 1.91 bits per heavy atom. The van der Waals surface area contributed by atoms with E-state index < -0.39 is 0 Å². The van der Waals surface area contributed by atoms with Gasteiger partial charge in [0, 0.05) is 19.2 Å². The normalized spacial score (nSPS) is 14.6. The SMILES string of the molecule is Cc1nc(Nc2ccccc2Cl)cc(C(=O)N2CCCCC2)n1. The van der Waals surface area contributed by atoms with Crippen molar-refractivity contribution in [2.24, 2.45) is 0 Å². The topological polar surface area (TPSA) is 58.1 Å². The molecule has 0 spiro atoms. The lowest BCUT2D eigenvalue weighted by atomic mass is 10.1. The molecule has 5 nitrogen and oxygen atoms in total. The van der Waals surface area contributed by atoms with Crippen molar-refractivity contribution in [2.75, 3.05) is 18.4 Å². The molecular weight excluding hydrogens is 312 g/mol. The van der Waals surface area contributed by atoms with Gasteiger partial charge >= 0.3 is 0 Å². The van der Waals surface area contributed by atoms with E-state index in [2.05, 4.69) is 15.3 Å². The Morgan fingerprint density at radius 1 is 1.17 bits per heavy atom. The van der Waals surface area contributed by atoms with E-state index in [1.54, 1.807) is 19.1 Å². The highest BCUT2D eigenvalue weighted by atomic mass is 35.5. The number of nitrogens with one attached hydrogen (secondary N) is 1. The van der Waals surface area contributed by atoms with Crippen LogP contribution in [-0.2, 0) is 0 Å². The van der Waals surface area contributed by atoms with Gasteiger partial charge in [-0.3, -0.25) is 4.79 Å². The number of anilines is 2. The number of para-hydroxylation sites is 1. The van der Waals surface area contributed by atoms with Crippen molar-refractivity contribution in [1.29, 1.82) is 0 Å². The standard InChI is InChI=1S/C17H19ClN4O/c1-12-19-15(17(23)22-9-5-2-6-10-22)11-16(20-12)21-14-8-4-3-7-13(14)18/h3-4,7-8,11H,2,5-6,9-10H2,1H3,(H,19,20,21). The van der Waals surface area contributed by atoms with Gasteiger partial charge in [-0.15, -0.1) is 0 Å². The molecule has 1 amide bonds. The number of rotatable bonds is 3. The van der Waals surface area contributed by atoms with Crippen LogP contribution in [0.3, 0.4) is 0 Å². The molecule has 0 unspecified atom stereocenters. The molecule has 0 atom stereocenters. The summed E-state index contributed by atoms with van der Waals surface area (Å²) in [6, 6.07) is 9.11. The average Bonchev–Trinajstić information content (AvgIpc) is 2.56. The number of carbonyl (C=O) groups is 1. The Kier molecular flexibility index (Phi) is 4.76. The molecule has 0 aliphatic carbocycles. The predicted molar refractivity (Wildman–Crippen MR) is 91.3 cm³/mol. The number of hydrogen-bond acceptors (Lipinski definition) is 4. The number of carbonyl (C=O) groups excluding carboxylic acids is 1. The molecular formula is C17H19ClN4O. The van der Waals surface area contributed by atoms with E-state index in [1.807, 2.05) is 23.1 Å². The monoisotopic (exact) mass is 330 g/mol. The minimum atomic E-state index is -0.0302. The Hall–Kier alpha value is -2.14. The second kappa shape index (κ2) is 6.96. The Morgan fingerprint density at radius 3 is 2.65 bits per heavy atom. The van der Waals surface area contributed by atoms with Crippen LogP contribution >= 0.6 is 11.6 Å². The lowest BCUT2D eigenvalue weighted by Crippen LogP contribution is -2.36. The third-order valence-electron chi connectivity index (χ3n) is 3.84. The molecule has 1 aromatic carbocycles. The van der Waals surface area contributed by atoms with Gasteiger partial charge in [-0.05, 0) is 38.3 Å². The molecule has 2 aromatic rings. The summed E-state index contributed by atoms with van der Waals surface area (Å²) in [5.41, 5.74) is 1.18. The molecule has 0 bridgehead atoms. The van der Waals surface area contributed by atoms with Gasteiger partial charge in [0.1, 0.15) is 17.3 Å². The van der Waals surface area contributed by atoms with Crippen molar-refractivity contribution in [2.45, 2.75) is 26.2 Å². The number of hydrogen-bond donors (Lipinski definition) is 1. The quantitative estimate of drug-likeness (QED) is 0.929. The molecule has 23 heavy (non-hydrogen) atoms. The molecule has 120 valence electrons. The van der Waals surface area contributed by atoms with Gasteiger partial charge in [-0.2, -0.15) is 0 Å². The number of piperidine rings is 1. The summed E-state index contributed by atoms with van der Waals surface area (Å²) < 4.78 is 0. The maximum absolute atomic E-state index is 12.6. The molecule has 1 N–H and O–H groups in total. The third-order valence-corrected chi connectivity index (χ3v) is 4.17. The van der Waals surface area contributed by atoms with Crippen LogP contribution in [0.15, 0.2) is 30.3 Å². The molecule has 3 rings (SSSR count). The summed E-state index contributed by atoms with van der Waals surface area (Å²) in [4.78, 5) is 23.1. The van der Waals surface area contributed by atoms with Crippen molar-refractivity contribution in [1.82, 2.24) is 14.9 Å². The highest BCUT2D eigenvalue weighted by Crippen LogP contribution is 2.24. The fourth-order valence-corrected chi connectivity index (χ4v) is 2.88. The molecule has 0 radical (unpaired) electrons. The molecule has 6 heteroatoms. The summed E-state index contributed by atoms with van der Waals surface area (Å²) in [5.74, 6) is 1.10. The van der Waals surface area contributed by atoms with Gasteiger partial charge in [0.2, 0.25) is 0 Å². The predicted octanol–water partition coefficient (Wildman–Crippen LogP) is 3.81. The van der Waals surface area contributed by atoms with Crippen LogP contribution < -0.4 is 5.32 Å². The van der Waals surface area contributed by atoms with Gasteiger partial charge in [-0.1, -0.05) is 23.7 Å². The van der Waals surface area contributed by atoms with Gasteiger partial charge in [0.15, 0.2) is 0 Å². The lowest BCUT2D eigenvalue weighted by Gasteiger charge is -2.26. The maximum Gasteiger partial charge on any atom is 0.272 e. The van der Waals surface area contributed by atoms with Gasteiger partial charge in [0.05, 0.1) is 10.7 Å². The molecule has 1 aliphatic heterocycles. The Labute approximate surface area is 140 Å². The van der Waals surface area contributed by atoms with E-state index in [9.17, 15) is 4.79 Å². The fraction of sp³-hybridized carbons (Fsp3) is 0.353. The van der Waals surface area contributed by atoms with Gasteiger partial charge in [-0.25, -0.2) is 9.97 Å². The van der Waals surface area contributed by atoms with E-state index in [0.29, 0.717) is 22.4 Å². The first-order chi connectivity index (χ1) is 11.1. The number of aromatic nitrogens is 2. The van der Waals surface area contributed by atoms with Crippen LogP contribution in [0.5, 0.6) is 0 Å². The van der Waals surface area contributed by atoms with Crippen molar-refractivity contribution in [3.63, 3.8) is 0 Å². The molecule has 1 saturated heterocycles. The number of likely N-dealkylation sites (tertiary alicyclic amines) is 1. The van der Waals surface area contributed by atoms with Gasteiger partial charge < -0.3 is 10.2 Å². The van der Waals surface area contributed by atoms with E-state index in [0.717, 1.165) is 31.6 Å². The zero-order chi connectivity index (χ0) is 16.2. The van der Waals surface area contributed by atoms with Crippen molar-refractivity contribution < 1.29 is 4.79 Å². The Bertz CT molecular complexity index is 713. The van der Waals surface area contributed by atoms with Crippen LogP contribution in [0.1, 0.15) is 35.6 Å².